The number of nitrogens with two attached hydrogens (primary N) is 1. The SMILES string of the molecule is Cc1cccc(N2CCN(C(=O)[C@H](N)C(C)C)CC2)c1C.Cl.Cl. The molecule has 0 unspecified atom stereocenters. The molecule has 2 N–H and O–H groups in total. The zero-order valence-electron chi connectivity index (χ0n) is 14.4. The van der Waals surface area contributed by atoms with Crippen LogP contribution in [0.3, 0.4) is 0 Å². The van der Waals surface area contributed by atoms with Crippen molar-refractivity contribution in [2.45, 2.75) is 33.7 Å². The van der Waals surface area contributed by atoms with Crippen molar-refractivity contribution in [1.82, 2.24) is 4.90 Å². The van der Waals surface area contributed by atoms with Gasteiger partial charge in [0.05, 0.1) is 6.04 Å². The predicted octanol–water partition coefficient (Wildman–Crippen LogP) is 2.78. The van der Waals surface area contributed by atoms with E-state index in [0.29, 0.717) is 0 Å². The molecule has 0 saturated carbocycles. The molecule has 1 saturated heterocycles. The molecule has 132 valence electrons. The van der Waals surface area contributed by atoms with Gasteiger partial charge in [0.2, 0.25) is 5.91 Å². The first kappa shape index (κ1) is 22.0. The average molecular weight is 362 g/mol. The summed E-state index contributed by atoms with van der Waals surface area (Å²) in [7, 11) is 0. The Morgan fingerprint density at radius 1 is 1.09 bits per heavy atom. The van der Waals surface area contributed by atoms with Crippen molar-refractivity contribution in [3.8, 4) is 0 Å². The van der Waals surface area contributed by atoms with Crippen LogP contribution in [0.25, 0.3) is 0 Å². The number of rotatable bonds is 3. The summed E-state index contributed by atoms with van der Waals surface area (Å²) < 4.78 is 0. The molecule has 1 fully saturated rings. The summed E-state index contributed by atoms with van der Waals surface area (Å²) in [5.74, 6) is 0.278. The molecule has 2 rings (SSSR count). The topological polar surface area (TPSA) is 49.6 Å². The second-order valence-corrected chi connectivity index (χ2v) is 6.30. The first-order chi connectivity index (χ1) is 9.91. The van der Waals surface area contributed by atoms with Gasteiger partial charge in [-0.15, -0.1) is 24.8 Å². The molecule has 1 aliphatic rings. The highest BCUT2D eigenvalue weighted by molar-refractivity contribution is 5.85. The van der Waals surface area contributed by atoms with E-state index in [1.165, 1.54) is 16.8 Å². The van der Waals surface area contributed by atoms with Crippen LogP contribution in [0.1, 0.15) is 25.0 Å². The number of benzene rings is 1. The van der Waals surface area contributed by atoms with Gasteiger partial charge in [0.15, 0.2) is 0 Å². The summed E-state index contributed by atoms with van der Waals surface area (Å²) in [6, 6.07) is 6.03. The summed E-state index contributed by atoms with van der Waals surface area (Å²) in [5, 5.41) is 0. The van der Waals surface area contributed by atoms with Crippen LogP contribution in [0.4, 0.5) is 5.69 Å². The largest absolute Gasteiger partial charge is 0.368 e. The van der Waals surface area contributed by atoms with Gasteiger partial charge in [-0.1, -0.05) is 26.0 Å². The fraction of sp³-hybridized carbons (Fsp3) is 0.588. The lowest BCUT2D eigenvalue weighted by molar-refractivity contribution is -0.133. The molecule has 0 radical (unpaired) electrons. The Morgan fingerprint density at radius 3 is 2.17 bits per heavy atom. The molecule has 4 nitrogen and oxygen atoms in total. The number of hydrogen-bond acceptors (Lipinski definition) is 3. The Labute approximate surface area is 152 Å². The minimum atomic E-state index is -0.378. The van der Waals surface area contributed by atoms with Gasteiger partial charge in [0.25, 0.3) is 0 Å². The molecule has 1 heterocycles. The number of carbonyl (C=O) groups is 1. The fourth-order valence-corrected chi connectivity index (χ4v) is 2.74. The average Bonchev–Trinajstić information content (AvgIpc) is 2.48. The highest BCUT2D eigenvalue weighted by atomic mass is 35.5. The maximum absolute atomic E-state index is 12.3. The van der Waals surface area contributed by atoms with Gasteiger partial charge in [-0.25, -0.2) is 0 Å². The summed E-state index contributed by atoms with van der Waals surface area (Å²) in [6.45, 7) is 11.6. The van der Waals surface area contributed by atoms with Gasteiger partial charge in [-0.05, 0) is 37.0 Å². The third-order valence-electron chi connectivity index (χ3n) is 4.51. The predicted molar refractivity (Wildman–Crippen MR) is 102 cm³/mol. The molecule has 1 aromatic rings. The first-order valence-electron chi connectivity index (χ1n) is 7.77. The summed E-state index contributed by atoms with van der Waals surface area (Å²) in [5.41, 5.74) is 9.91. The van der Waals surface area contributed by atoms with Crippen LogP contribution >= 0.6 is 24.8 Å². The van der Waals surface area contributed by atoms with Crippen molar-refractivity contribution in [2.75, 3.05) is 31.1 Å². The van der Waals surface area contributed by atoms with Crippen LogP contribution < -0.4 is 10.6 Å². The minimum Gasteiger partial charge on any atom is -0.368 e. The molecule has 1 aromatic carbocycles. The van der Waals surface area contributed by atoms with Gasteiger partial charge in [0.1, 0.15) is 0 Å². The molecule has 0 spiro atoms. The normalized spacial score (nSPS) is 15.7. The first-order valence-corrected chi connectivity index (χ1v) is 7.77. The molecule has 0 bridgehead atoms. The van der Waals surface area contributed by atoms with E-state index in [0.717, 1.165) is 26.2 Å². The maximum atomic E-state index is 12.3. The van der Waals surface area contributed by atoms with Gasteiger partial charge in [-0.2, -0.15) is 0 Å². The molecule has 1 atom stereocenters. The summed E-state index contributed by atoms with van der Waals surface area (Å²) in [4.78, 5) is 16.6. The van der Waals surface area contributed by atoms with E-state index in [1.54, 1.807) is 0 Å². The lowest BCUT2D eigenvalue weighted by Crippen LogP contribution is -2.54. The van der Waals surface area contributed by atoms with Crippen LogP contribution in [0.2, 0.25) is 0 Å². The van der Waals surface area contributed by atoms with E-state index < -0.39 is 0 Å². The van der Waals surface area contributed by atoms with Crippen LogP contribution in [-0.2, 0) is 4.79 Å². The number of hydrogen-bond donors (Lipinski definition) is 1. The number of piperazine rings is 1. The third-order valence-corrected chi connectivity index (χ3v) is 4.51. The number of carbonyl (C=O) groups excluding carboxylic acids is 1. The zero-order valence-corrected chi connectivity index (χ0v) is 16.0. The number of anilines is 1. The highest BCUT2D eigenvalue weighted by Gasteiger charge is 2.27. The van der Waals surface area contributed by atoms with E-state index in [2.05, 4.69) is 36.9 Å². The monoisotopic (exact) mass is 361 g/mol. The molecule has 1 aliphatic heterocycles. The Balaban J connectivity index is 0.00000242. The van der Waals surface area contributed by atoms with E-state index in [9.17, 15) is 4.79 Å². The fourth-order valence-electron chi connectivity index (χ4n) is 2.74. The van der Waals surface area contributed by atoms with Crippen LogP contribution in [0.5, 0.6) is 0 Å². The third kappa shape index (κ3) is 5.00. The summed E-state index contributed by atoms with van der Waals surface area (Å²) >= 11 is 0. The molecular formula is C17H29Cl2N3O. The van der Waals surface area contributed by atoms with Gasteiger partial charge in [0, 0.05) is 31.9 Å². The maximum Gasteiger partial charge on any atom is 0.239 e. The van der Waals surface area contributed by atoms with E-state index in [4.69, 9.17) is 5.73 Å². The highest BCUT2D eigenvalue weighted by Crippen LogP contribution is 2.24. The summed E-state index contributed by atoms with van der Waals surface area (Å²) in [6.07, 6.45) is 0. The molecule has 6 heteroatoms. The van der Waals surface area contributed by atoms with E-state index in [-0.39, 0.29) is 42.7 Å². The van der Waals surface area contributed by atoms with E-state index in [1.807, 2.05) is 18.7 Å². The van der Waals surface area contributed by atoms with Gasteiger partial charge >= 0.3 is 0 Å². The molecule has 0 aromatic heterocycles. The second kappa shape index (κ2) is 9.36. The van der Waals surface area contributed by atoms with Crippen molar-refractivity contribution >= 4 is 36.4 Å². The molecular weight excluding hydrogens is 333 g/mol. The molecule has 23 heavy (non-hydrogen) atoms. The van der Waals surface area contributed by atoms with E-state index >= 15 is 0 Å². The Hall–Kier alpha value is -0.970. The minimum absolute atomic E-state index is 0. The zero-order chi connectivity index (χ0) is 15.6. The standard InChI is InChI=1S/C17H27N3O.2ClH/c1-12(2)16(18)17(21)20-10-8-19(9-11-20)15-7-5-6-13(3)14(15)4;;/h5-7,12,16H,8-11,18H2,1-4H3;2*1H/t16-;;/m1../s1. The van der Waals surface area contributed by atoms with Crippen molar-refractivity contribution in [1.29, 1.82) is 0 Å². The van der Waals surface area contributed by atoms with Gasteiger partial charge < -0.3 is 15.5 Å². The quantitative estimate of drug-likeness (QED) is 0.900. The van der Waals surface area contributed by atoms with Crippen LogP contribution in [0.15, 0.2) is 18.2 Å². The lowest BCUT2D eigenvalue weighted by Gasteiger charge is -2.38. The van der Waals surface area contributed by atoms with Crippen molar-refractivity contribution in [3.05, 3.63) is 29.3 Å². The molecule has 0 aliphatic carbocycles. The van der Waals surface area contributed by atoms with Gasteiger partial charge in [-0.3, -0.25) is 4.79 Å². The Morgan fingerprint density at radius 2 is 1.65 bits per heavy atom. The lowest BCUT2D eigenvalue weighted by atomic mass is 10.0. The Bertz CT molecular complexity index is 515. The number of halogens is 2. The second-order valence-electron chi connectivity index (χ2n) is 6.30. The van der Waals surface area contributed by atoms with Crippen LogP contribution in [0, 0.1) is 19.8 Å². The van der Waals surface area contributed by atoms with Crippen molar-refractivity contribution < 1.29 is 4.79 Å². The number of amides is 1. The van der Waals surface area contributed by atoms with Crippen molar-refractivity contribution in [2.24, 2.45) is 11.7 Å². The molecule has 1 amide bonds. The number of nitrogens with zero attached hydrogens (tertiary/aromatic N) is 2. The Kier molecular flexibility index (Phi) is 8.96. The number of aryl methyl sites for hydroxylation is 1. The van der Waals surface area contributed by atoms with Crippen molar-refractivity contribution in [3.63, 3.8) is 0 Å². The van der Waals surface area contributed by atoms with Crippen LogP contribution in [-0.4, -0.2) is 43.0 Å². The smallest absolute Gasteiger partial charge is 0.239 e.